The number of carboxylic acid groups (broad SMARTS) is 1. The third-order valence-electron chi connectivity index (χ3n) is 1.31. The average molecular weight is 164 g/mol. The summed E-state index contributed by atoms with van der Waals surface area (Å²) in [4.78, 5) is 10.4. The van der Waals surface area contributed by atoms with Gasteiger partial charge in [0.25, 0.3) is 0 Å². The van der Waals surface area contributed by atoms with E-state index in [2.05, 4.69) is 13.2 Å². The SMILES string of the molecule is C=C/C(C)=C/C=C(\C=C)C(=O)O. The molecule has 1 N–H and O–H groups in total. The lowest BCUT2D eigenvalue weighted by atomic mass is 10.2. The predicted octanol–water partition coefficient (Wildman–Crippen LogP) is 2.32. The van der Waals surface area contributed by atoms with Crippen LogP contribution in [0.2, 0.25) is 0 Å². The third kappa shape index (κ3) is 3.56. The number of hydrogen-bond donors (Lipinski definition) is 1. The molecule has 0 radical (unpaired) electrons. The van der Waals surface area contributed by atoms with Gasteiger partial charge in [-0.3, -0.25) is 0 Å². The van der Waals surface area contributed by atoms with Crippen LogP contribution in [0.5, 0.6) is 0 Å². The van der Waals surface area contributed by atoms with Crippen molar-refractivity contribution in [1.82, 2.24) is 0 Å². The molecule has 0 atom stereocenters. The van der Waals surface area contributed by atoms with Crippen LogP contribution in [0.4, 0.5) is 0 Å². The van der Waals surface area contributed by atoms with Gasteiger partial charge in [0.1, 0.15) is 0 Å². The normalized spacial score (nSPS) is 12.4. The molecule has 0 saturated heterocycles. The molecule has 0 heterocycles. The van der Waals surface area contributed by atoms with E-state index in [4.69, 9.17) is 5.11 Å². The maximum atomic E-state index is 10.4. The van der Waals surface area contributed by atoms with Crippen molar-refractivity contribution in [1.29, 1.82) is 0 Å². The molecule has 2 heteroatoms. The standard InChI is InChI=1S/C10H12O2/c1-4-8(3)6-7-9(5-2)10(11)12/h4-7H,1-2H2,3H3,(H,11,12)/b8-6+,9-7+. The molecule has 2 nitrogen and oxygen atoms in total. The Bertz CT molecular complexity index is 257. The maximum absolute atomic E-state index is 10.4. The zero-order valence-corrected chi connectivity index (χ0v) is 7.08. The number of carbonyl (C=O) groups is 1. The van der Waals surface area contributed by atoms with Crippen LogP contribution in [0.3, 0.4) is 0 Å². The highest BCUT2D eigenvalue weighted by Gasteiger charge is 1.98. The monoisotopic (exact) mass is 164 g/mol. The Morgan fingerprint density at radius 2 is 1.83 bits per heavy atom. The molecule has 0 unspecified atom stereocenters. The van der Waals surface area contributed by atoms with E-state index in [1.807, 2.05) is 6.92 Å². The van der Waals surface area contributed by atoms with Crippen molar-refractivity contribution in [3.8, 4) is 0 Å². The van der Waals surface area contributed by atoms with Crippen LogP contribution < -0.4 is 0 Å². The molecule has 0 aliphatic heterocycles. The fourth-order valence-electron chi connectivity index (χ4n) is 0.516. The minimum absolute atomic E-state index is 0.177. The molecule has 0 aliphatic carbocycles. The van der Waals surface area contributed by atoms with Gasteiger partial charge in [-0.05, 0) is 13.0 Å². The van der Waals surface area contributed by atoms with Crippen LogP contribution >= 0.6 is 0 Å². The largest absolute Gasteiger partial charge is 0.478 e. The van der Waals surface area contributed by atoms with Gasteiger partial charge < -0.3 is 5.11 Å². The Morgan fingerprint density at radius 3 is 2.17 bits per heavy atom. The molecule has 0 aromatic heterocycles. The molecular weight excluding hydrogens is 152 g/mol. The van der Waals surface area contributed by atoms with Gasteiger partial charge in [0.2, 0.25) is 0 Å². The Labute approximate surface area is 72.2 Å². The summed E-state index contributed by atoms with van der Waals surface area (Å²) in [5, 5.41) is 8.56. The number of hydrogen-bond acceptors (Lipinski definition) is 1. The van der Waals surface area contributed by atoms with Gasteiger partial charge >= 0.3 is 5.97 Å². The van der Waals surface area contributed by atoms with Gasteiger partial charge in [-0.15, -0.1) is 0 Å². The summed E-state index contributed by atoms with van der Waals surface area (Å²) < 4.78 is 0. The molecule has 0 aromatic carbocycles. The number of aliphatic carboxylic acids is 1. The molecule has 0 rings (SSSR count). The van der Waals surface area contributed by atoms with E-state index in [1.165, 1.54) is 12.2 Å². The van der Waals surface area contributed by atoms with Crippen molar-refractivity contribution in [2.45, 2.75) is 6.92 Å². The second-order valence-corrected chi connectivity index (χ2v) is 2.25. The summed E-state index contributed by atoms with van der Waals surface area (Å²) in [5.41, 5.74) is 1.09. The van der Waals surface area contributed by atoms with Gasteiger partial charge in [-0.2, -0.15) is 0 Å². The van der Waals surface area contributed by atoms with Crippen LogP contribution in [0, 0.1) is 0 Å². The minimum atomic E-state index is -0.974. The highest BCUT2D eigenvalue weighted by atomic mass is 16.4. The van der Waals surface area contributed by atoms with E-state index >= 15 is 0 Å². The quantitative estimate of drug-likeness (QED) is 0.511. The predicted molar refractivity (Wildman–Crippen MR) is 49.9 cm³/mol. The molecule has 0 saturated carbocycles. The number of carboxylic acids is 1. The van der Waals surface area contributed by atoms with E-state index in [0.29, 0.717) is 0 Å². The lowest BCUT2D eigenvalue weighted by molar-refractivity contribution is -0.132. The zero-order chi connectivity index (χ0) is 9.56. The van der Waals surface area contributed by atoms with Crippen LogP contribution in [-0.4, -0.2) is 11.1 Å². The van der Waals surface area contributed by atoms with Crippen molar-refractivity contribution >= 4 is 5.97 Å². The van der Waals surface area contributed by atoms with E-state index in [-0.39, 0.29) is 5.57 Å². The summed E-state index contributed by atoms with van der Waals surface area (Å²) in [6.45, 7) is 8.76. The van der Waals surface area contributed by atoms with Crippen molar-refractivity contribution < 1.29 is 9.90 Å². The molecule has 12 heavy (non-hydrogen) atoms. The van der Waals surface area contributed by atoms with Crippen molar-refractivity contribution in [3.63, 3.8) is 0 Å². The Kier molecular flexibility index (Phi) is 4.46. The van der Waals surface area contributed by atoms with Gasteiger partial charge in [-0.25, -0.2) is 4.79 Å². The minimum Gasteiger partial charge on any atom is -0.478 e. The van der Waals surface area contributed by atoms with E-state index in [0.717, 1.165) is 5.57 Å². The summed E-state index contributed by atoms with van der Waals surface area (Å²) in [7, 11) is 0. The summed E-state index contributed by atoms with van der Waals surface area (Å²) in [6, 6.07) is 0. The first-order valence-corrected chi connectivity index (χ1v) is 3.48. The summed E-state index contributed by atoms with van der Waals surface area (Å²) in [5.74, 6) is -0.974. The molecular formula is C10H12O2. The Morgan fingerprint density at radius 1 is 1.25 bits per heavy atom. The van der Waals surface area contributed by atoms with Crippen molar-refractivity contribution in [2.75, 3.05) is 0 Å². The van der Waals surface area contributed by atoms with Gasteiger partial charge in [0.05, 0.1) is 5.57 Å². The molecule has 0 aliphatic rings. The lowest BCUT2D eigenvalue weighted by Crippen LogP contribution is -1.96. The zero-order valence-electron chi connectivity index (χ0n) is 7.08. The fourth-order valence-corrected chi connectivity index (χ4v) is 0.516. The highest BCUT2D eigenvalue weighted by molar-refractivity contribution is 5.90. The van der Waals surface area contributed by atoms with E-state index < -0.39 is 5.97 Å². The van der Waals surface area contributed by atoms with Crippen molar-refractivity contribution in [2.24, 2.45) is 0 Å². The topological polar surface area (TPSA) is 37.3 Å². The van der Waals surface area contributed by atoms with E-state index in [9.17, 15) is 4.79 Å². The molecule has 64 valence electrons. The Balaban J connectivity index is 4.62. The van der Waals surface area contributed by atoms with Crippen LogP contribution in [0.1, 0.15) is 6.92 Å². The first-order chi connectivity index (χ1) is 5.61. The average Bonchev–Trinajstić information content (AvgIpc) is 2.04. The second kappa shape index (κ2) is 5.13. The smallest absolute Gasteiger partial charge is 0.335 e. The number of rotatable bonds is 4. The molecule has 0 amide bonds. The molecule has 0 aromatic rings. The lowest BCUT2D eigenvalue weighted by Gasteiger charge is -1.90. The summed E-state index contributed by atoms with van der Waals surface area (Å²) >= 11 is 0. The first-order valence-electron chi connectivity index (χ1n) is 3.48. The van der Waals surface area contributed by atoms with Gasteiger partial charge in [0, 0.05) is 0 Å². The molecule has 0 fully saturated rings. The van der Waals surface area contributed by atoms with Gasteiger partial charge in [0.15, 0.2) is 0 Å². The Hall–Kier alpha value is -1.57. The van der Waals surface area contributed by atoms with Crippen molar-refractivity contribution in [3.05, 3.63) is 48.6 Å². The highest BCUT2D eigenvalue weighted by Crippen LogP contribution is 1.99. The molecule has 0 bridgehead atoms. The molecule has 0 spiro atoms. The van der Waals surface area contributed by atoms with Crippen LogP contribution in [0.25, 0.3) is 0 Å². The first kappa shape index (κ1) is 10.4. The van der Waals surface area contributed by atoms with Gasteiger partial charge in [-0.1, -0.05) is 37.0 Å². The van der Waals surface area contributed by atoms with Crippen LogP contribution in [-0.2, 0) is 4.79 Å². The third-order valence-corrected chi connectivity index (χ3v) is 1.31. The fraction of sp³-hybridized carbons (Fsp3) is 0.100. The van der Waals surface area contributed by atoms with E-state index in [1.54, 1.807) is 12.2 Å². The maximum Gasteiger partial charge on any atom is 0.335 e. The van der Waals surface area contributed by atoms with Crippen LogP contribution in [0.15, 0.2) is 48.6 Å². The number of allylic oxidation sites excluding steroid dienone is 4. The second-order valence-electron chi connectivity index (χ2n) is 2.25. The summed E-state index contributed by atoms with van der Waals surface area (Å²) in [6.07, 6.45) is 6.12.